The molecule has 6 nitrogen and oxygen atoms in total. The van der Waals surface area contributed by atoms with Crippen LogP contribution in [0.5, 0.6) is 0 Å². The maximum Gasteiger partial charge on any atom is 0.435 e. The van der Waals surface area contributed by atoms with Gasteiger partial charge in [-0.2, -0.15) is 18.3 Å². The highest BCUT2D eigenvalue weighted by molar-refractivity contribution is 5.95. The number of alkyl halides is 3. The van der Waals surface area contributed by atoms with Gasteiger partial charge in [0.25, 0.3) is 5.91 Å². The lowest BCUT2D eigenvalue weighted by Crippen LogP contribution is -2.52. The molecule has 1 unspecified atom stereocenters. The summed E-state index contributed by atoms with van der Waals surface area (Å²) in [5.74, 6) is -0.754. The first-order chi connectivity index (χ1) is 13.3. The number of halogens is 3. The van der Waals surface area contributed by atoms with Gasteiger partial charge in [0.15, 0.2) is 5.69 Å². The van der Waals surface area contributed by atoms with E-state index in [0.29, 0.717) is 0 Å². The number of carbonyl (C=O) groups excluding carboxylic acids is 1. The minimum Gasteiger partial charge on any atom is -0.369 e. The van der Waals surface area contributed by atoms with Gasteiger partial charge in [0.05, 0.1) is 5.56 Å². The SMILES string of the molecule is CC(CNC(=O)c1cn(C)nc1C(F)(F)F)N1CCN(c2ccccc2)CC1. The van der Waals surface area contributed by atoms with Crippen LogP contribution >= 0.6 is 0 Å². The third-order valence-electron chi connectivity index (χ3n) is 4.96. The van der Waals surface area contributed by atoms with E-state index in [4.69, 9.17) is 0 Å². The fourth-order valence-corrected chi connectivity index (χ4v) is 3.39. The smallest absolute Gasteiger partial charge is 0.369 e. The molecule has 1 amide bonds. The second-order valence-corrected chi connectivity index (χ2v) is 6.98. The van der Waals surface area contributed by atoms with Crippen LogP contribution in [0.2, 0.25) is 0 Å². The van der Waals surface area contributed by atoms with Gasteiger partial charge < -0.3 is 10.2 Å². The lowest BCUT2D eigenvalue weighted by atomic mass is 10.2. The molecule has 1 saturated heterocycles. The van der Waals surface area contributed by atoms with Gasteiger partial charge in [-0.05, 0) is 19.1 Å². The van der Waals surface area contributed by atoms with E-state index in [1.165, 1.54) is 12.7 Å². The Kier molecular flexibility index (Phi) is 5.93. The van der Waals surface area contributed by atoms with E-state index in [2.05, 4.69) is 32.3 Å². The van der Waals surface area contributed by atoms with E-state index in [1.54, 1.807) is 0 Å². The number of hydrogen-bond acceptors (Lipinski definition) is 4. The molecular weight excluding hydrogens is 371 g/mol. The number of amides is 1. The summed E-state index contributed by atoms with van der Waals surface area (Å²) < 4.78 is 40.1. The lowest BCUT2D eigenvalue weighted by molar-refractivity contribution is -0.141. The Morgan fingerprint density at radius 2 is 1.82 bits per heavy atom. The van der Waals surface area contributed by atoms with Crippen molar-refractivity contribution in [1.29, 1.82) is 0 Å². The Morgan fingerprint density at radius 3 is 2.43 bits per heavy atom. The van der Waals surface area contributed by atoms with Crippen LogP contribution in [-0.4, -0.2) is 59.4 Å². The molecule has 3 rings (SSSR count). The Bertz CT molecular complexity index is 798. The fourth-order valence-electron chi connectivity index (χ4n) is 3.39. The first kappa shape index (κ1) is 20.2. The van der Waals surface area contributed by atoms with E-state index in [9.17, 15) is 18.0 Å². The molecule has 1 aromatic carbocycles. The van der Waals surface area contributed by atoms with Crippen molar-refractivity contribution in [3.8, 4) is 0 Å². The summed E-state index contributed by atoms with van der Waals surface area (Å²) in [6, 6.07) is 10.2. The first-order valence-electron chi connectivity index (χ1n) is 9.19. The Morgan fingerprint density at radius 1 is 1.18 bits per heavy atom. The summed E-state index contributed by atoms with van der Waals surface area (Å²) in [6.45, 7) is 5.62. The summed E-state index contributed by atoms with van der Waals surface area (Å²) >= 11 is 0. The van der Waals surface area contributed by atoms with E-state index in [-0.39, 0.29) is 12.6 Å². The molecule has 0 saturated carbocycles. The molecule has 2 heterocycles. The van der Waals surface area contributed by atoms with E-state index in [0.717, 1.165) is 37.1 Å². The third-order valence-corrected chi connectivity index (χ3v) is 4.96. The quantitative estimate of drug-likeness (QED) is 0.845. The minimum absolute atomic E-state index is 0.0212. The van der Waals surface area contributed by atoms with Gasteiger partial charge in [-0.25, -0.2) is 0 Å². The lowest BCUT2D eigenvalue weighted by Gasteiger charge is -2.39. The highest BCUT2D eigenvalue weighted by Crippen LogP contribution is 2.30. The standard InChI is InChI=1S/C19H24F3N5O/c1-14(26-8-10-27(11-9-26)15-6-4-3-5-7-15)12-23-18(28)16-13-25(2)24-17(16)19(20,21)22/h3-7,13-14H,8-12H2,1-2H3,(H,23,28). The monoisotopic (exact) mass is 395 g/mol. The van der Waals surface area contributed by atoms with Crippen molar-refractivity contribution >= 4 is 11.6 Å². The molecule has 1 aliphatic heterocycles. The summed E-state index contributed by atoms with van der Waals surface area (Å²) in [4.78, 5) is 16.8. The predicted molar refractivity (Wildman–Crippen MR) is 100 cm³/mol. The van der Waals surface area contributed by atoms with Crippen LogP contribution < -0.4 is 10.2 Å². The third kappa shape index (κ3) is 4.64. The Balaban J connectivity index is 1.52. The Hall–Kier alpha value is -2.55. The van der Waals surface area contributed by atoms with Crippen LogP contribution in [0.4, 0.5) is 18.9 Å². The van der Waals surface area contributed by atoms with Crippen molar-refractivity contribution < 1.29 is 18.0 Å². The summed E-state index contributed by atoms with van der Waals surface area (Å²) in [5.41, 5.74) is -0.424. The number of carbonyl (C=O) groups is 1. The average Bonchev–Trinajstić information content (AvgIpc) is 3.09. The number of nitrogens with zero attached hydrogens (tertiary/aromatic N) is 4. The highest BCUT2D eigenvalue weighted by atomic mass is 19.4. The number of aryl methyl sites for hydroxylation is 1. The number of rotatable bonds is 5. The maximum atomic E-state index is 13.0. The largest absolute Gasteiger partial charge is 0.435 e. The number of aromatic nitrogens is 2. The molecule has 1 aromatic heterocycles. The van der Waals surface area contributed by atoms with Crippen molar-refractivity contribution in [2.24, 2.45) is 7.05 Å². The Labute approximate surface area is 161 Å². The van der Waals surface area contributed by atoms with Gasteiger partial charge >= 0.3 is 6.18 Å². The molecule has 0 bridgehead atoms. The van der Waals surface area contributed by atoms with Crippen LogP contribution in [-0.2, 0) is 13.2 Å². The number of para-hydroxylation sites is 1. The second-order valence-electron chi connectivity index (χ2n) is 6.98. The van der Waals surface area contributed by atoms with E-state index in [1.807, 2.05) is 25.1 Å². The van der Waals surface area contributed by atoms with Crippen LogP contribution in [0, 0.1) is 0 Å². The number of nitrogens with one attached hydrogen (secondary N) is 1. The molecule has 1 aliphatic rings. The molecule has 1 N–H and O–H groups in total. The zero-order valence-corrected chi connectivity index (χ0v) is 15.9. The van der Waals surface area contributed by atoms with Gasteiger partial charge in [0.2, 0.25) is 0 Å². The minimum atomic E-state index is -4.66. The van der Waals surface area contributed by atoms with Crippen LogP contribution in [0.3, 0.4) is 0 Å². The average molecular weight is 395 g/mol. The first-order valence-corrected chi connectivity index (χ1v) is 9.19. The van der Waals surface area contributed by atoms with Gasteiger partial charge in [-0.1, -0.05) is 18.2 Å². The van der Waals surface area contributed by atoms with Gasteiger partial charge in [-0.3, -0.25) is 14.4 Å². The summed E-state index contributed by atoms with van der Waals surface area (Å²) in [6.07, 6.45) is -3.56. The molecule has 152 valence electrons. The normalized spacial score (nSPS) is 16.8. The number of anilines is 1. The second kappa shape index (κ2) is 8.22. The zero-order valence-electron chi connectivity index (χ0n) is 15.9. The van der Waals surface area contributed by atoms with Crippen molar-refractivity contribution in [2.75, 3.05) is 37.6 Å². The molecular formula is C19H24F3N5O. The summed E-state index contributed by atoms with van der Waals surface area (Å²) in [7, 11) is 1.36. The van der Waals surface area contributed by atoms with Gasteiger partial charge in [-0.15, -0.1) is 0 Å². The van der Waals surface area contributed by atoms with Crippen molar-refractivity contribution in [1.82, 2.24) is 20.0 Å². The molecule has 2 aromatic rings. The van der Waals surface area contributed by atoms with Gasteiger partial charge in [0.1, 0.15) is 0 Å². The van der Waals surface area contributed by atoms with Crippen LogP contribution in [0.15, 0.2) is 36.5 Å². The molecule has 28 heavy (non-hydrogen) atoms. The van der Waals surface area contributed by atoms with Crippen molar-refractivity contribution in [3.05, 3.63) is 47.8 Å². The van der Waals surface area contributed by atoms with Crippen LogP contribution in [0.1, 0.15) is 23.0 Å². The number of hydrogen-bond donors (Lipinski definition) is 1. The number of piperazine rings is 1. The molecule has 0 aliphatic carbocycles. The van der Waals surface area contributed by atoms with Crippen LogP contribution in [0.25, 0.3) is 0 Å². The van der Waals surface area contributed by atoms with Gasteiger partial charge in [0, 0.05) is 57.7 Å². The van der Waals surface area contributed by atoms with Crippen molar-refractivity contribution in [2.45, 2.75) is 19.1 Å². The highest BCUT2D eigenvalue weighted by Gasteiger charge is 2.39. The van der Waals surface area contributed by atoms with E-state index < -0.39 is 23.3 Å². The van der Waals surface area contributed by atoms with Crippen molar-refractivity contribution in [3.63, 3.8) is 0 Å². The predicted octanol–water partition coefficient (Wildman–Crippen LogP) is 2.38. The van der Waals surface area contributed by atoms with E-state index >= 15 is 0 Å². The fraction of sp³-hybridized carbons (Fsp3) is 0.474. The molecule has 9 heteroatoms. The molecule has 0 spiro atoms. The molecule has 1 fully saturated rings. The zero-order chi connectivity index (χ0) is 20.3. The molecule has 0 radical (unpaired) electrons. The maximum absolute atomic E-state index is 13.0. The molecule has 1 atom stereocenters. The number of benzene rings is 1. The summed E-state index contributed by atoms with van der Waals surface area (Å²) in [5, 5.41) is 5.99. The topological polar surface area (TPSA) is 53.4 Å².